The summed E-state index contributed by atoms with van der Waals surface area (Å²) in [6.45, 7) is 1.67. The van der Waals surface area contributed by atoms with Crippen molar-refractivity contribution in [3.05, 3.63) is 29.8 Å². The van der Waals surface area contributed by atoms with Crippen LogP contribution in [0.25, 0.3) is 0 Å². The topological polar surface area (TPSA) is 29.3 Å². The lowest BCUT2D eigenvalue weighted by Crippen LogP contribution is -2.20. The second kappa shape index (κ2) is 5.99. The number of hydrogen-bond acceptors (Lipinski definition) is 3. The predicted molar refractivity (Wildman–Crippen MR) is 70.8 cm³/mol. The Bertz CT molecular complexity index is 400. The Kier molecular flexibility index (Phi) is 4.59. The van der Waals surface area contributed by atoms with Gasteiger partial charge in [-0.3, -0.25) is 4.90 Å². The normalized spacial score (nSPS) is 24.9. The second-order valence-electron chi connectivity index (χ2n) is 4.74. The van der Waals surface area contributed by atoms with E-state index in [1.54, 1.807) is 6.07 Å². The Morgan fingerprint density at radius 3 is 2.89 bits per heavy atom. The lowest BCUT2D eigenvalue weighted by atomic mass is 10.00. The number of halogens is 2. The highest BCUT2D eigenvalue weighted by molar-refractivity contribution is 7.99. The van der Waals surface area contributed by atoms with E-state index in [9.17, 15) is 8.78 Å². The molecule has 0 amide bonds. The van der Waals surface area contributed by atoms with Crippen molar-refractivity contribution in [2.75, 3.05) is 20.1 Å². The molecular formula is C13H18F2N2S. The van der Waals surface area contributed by atoms with E-state index in [-0.39, 0.29) is 0 Å². The third-order valence-corrected chi connectivity index (χ3v) is 4.14. The highest BCUT2D eigenvalue weighted by Crippen LogP contribution is 2.35. The van der Waals surface area contributed by atoms with Crippen LogP contribution in [-0.2, 0) is 0 Å². The summed E-state index contributed by atoms with van der Waals surface area (Å²) >= 11 is 0.603. The highest BCUT2D eigenvalue weighted by atomic mass is 32.2. The van der Waals surface area contributed by atoms with Crippen LogP contribution in [0.1, 0.15) is 18.0 Å². The van der Waals surface area contributed by atoms with E-state index in [0.717, 1.165) is 18.5 Å². The van der Waals surface area contributed by atoms with Crippen LogP contribution in [0.5, 0.6) is 0 Å². The van der Waals surface area contributed by atoms with Gasteiger partial charge in [-0.15, -0.1) is 0 Å². The molecule has 0 spiro atoms. The van der Waals surface area contributed by atoms with Crippen LogP contribution >= 0.6 is 11.8 Å². The fourth-order valence-electron chi connectivity index (χ4n) is 2.56. The minimum absolute atomic E-state index is 0.303. The summed E-state index contributed by atoms with van der Waals surface area (Å²) in [5.74, 6) is -1.86. The van der Waals surface area contributed by atoms with E-state index in [2.05, 4.69) is 11.9 Å². The van der Waals surface area contributed by atoms with Gasteiger partial charge < -0.3 is 5.73 Å². The SMILES string of the molecule is CN1CC(CN)CC1c1cccc(SC(F)F)c1. The van der Waals surface area contributed by atoms with Gasteiger partial charge in [0.2, 0.25) is 0 Å². The van der Waals surface area contributed by atoms with Gasteiger partial charge >= 0.3 is 0 Å². The van der Waals surface area contributed by atoms with E-state index in [1.165, 1.54) is 0 Å². The minimum Gasteiger partial charge on any atom is -0.330 e. The molecule has 2 rings (SSSR count). The summed E-state index contributed by atoms with van der Waals surface area (Å²) in [5, 5.41) is 0. The summed E-state index contributed by atoms with van der Waals surface area (Å²) in [5.41, 5.74) is 6.81. The minimum atomic E-state index is -2.36. The molecule has 2 atom stereocenters. The maximum absolute atomic E-state index is 12.4. The third kappa shape index (κ3) is 3.22. The third-order valence-electron chi connectivity index (χ3n) is 3.44. The first-order valence-electron chi connectivity index (χ1n) is 6.05. The van der Waals surface area contributed by atoms with E-state index < -0.39 is 5.76 Å². The quantitative estimate of drug-likeness (QED) is 0.855. The van der Waals surface area contributed by atoms with Crippen molar-refractivity contribution in [3.63, 3.8) is 0 Å². The molecule has 2 unspecified atom stereocenters. The molecule has 0 aromatic heterocycles. The van der Waals surface area contributed by atoms with Crippen molar-refractivity contribution in [1.29, 1.82) is 0 Å². The van der Waals surface area contributed by atoms with Crippen LogP contribution in [0.2, 0.25) is 0 Å². The number of likely N-dealkylation sites (tertiary alicyclic amines) is 1. The molecule has 1 aliphatic heterocycles. The van der Waals surface area contributed by atoms with Crippen LogP contribution in [0.15, 0.2) is 29.2 Å². The van der Waals surface area contributed by atoms with Crippen molar-refractivity contribution in [3.8, 4) is 0 Å². The van der Waals surface area contributed by atoms with Gasteiger partial charge in [0, 0.05) is 17.5 Å². The highest BCUT2D eigenvalue weighted by Gasteiger charge is 2.29. The van der Waals surface area contributed by atoms with E-state index in [1.807, 2.05) is 18.2 Å². The summed E-state index contributed by atoms with van der Waals surface area (Å²) in [6.07, 6.45) is 1.01. The Labute approximate surface area is 111 Å². The molecular weight excluding hydrogens is 254 g/mol. The molecule has 1 fully saturated rings. The summed E-state index contributed by atoms with van der Waals surface area (Å²) in [7, 11) is 2.06. The maximum atomic E-state index is 12.4. The predicted octanol–water partition coefficient (Wildman–Crippen LogP) is 2.95. The first-order chi connectivity index (χ1) is 8.60. The zero-order valence-electron chi connectivity index (χ0n) is 10.4. The molecule has 0 aliphatic carbocycles. The van der Waals surface area contributed by atoms with Crippen molar-refractivity contribution in [2.24, 2.45) is 11.7 Å². The standard InChI is InChI=1S/C13H18F2N2S/c1-17-8-9(7-16)5-12(17)10-3-2-4-11(6-10)18-13(14)15/h2-4,6,9,12-13H,5,7-8,16H2,1H3. The first kappa shape index (κ1) is 13.8. The molecule has 1 saturated heterocycles. The van der Waals surface area contributed by atoms with Crippen LogP contribution in [0.4, 0.5) is 8.78 Å². The number of rotatable bonds is 4. The average molecular weight is 272 g/mol. The van der Waals surface area contributed by atoms with Crippen LogP contribution in [0, 0.1) is 5.92 Å². The van der Waals surface area contributed by atoms with Gasteiger partial charge in [-0.1, -0.05) is 23.9 Å². The molecule has 100 valence electrons. The van der Waals surface area contributed by atoms with E-state index >= 15 is 0 Å². The lowest BCUT2D eigenvalue weighted by molar-refractivity contribution is 0.252. The van der Waals surface area contributed by atoms with E-state index in [0.29, 0.717) is 35.2 Å². The van der Waals surface area contributed by atoms with Crippen molar-refractivity contribution >= 4 is 11.8 Å². The Balaban J connectivity index is 2.13. The Morgan fingerprint density at radius 2 is 2.28 bits per heavy atom. The van der Waals surface area contributed by atoms with E-state index in [4.69, 9.17) is 5.73 Å². The molecule has 2 nitrogen and oxygen atoms in total. The molecule has 1 heterocycles. The molecule has 5 heteroatoms. The number of nitrogens with zero attached hydrogens (tertiary/aromatic N) is 1. The molecule has 0 radical (unpaired) electrons. The molecule has 2 N–H and O–H groups in total. The zero-order valence-corrected chi connectivity index (χ0v) is 11.2. The fourth-order valence-corrected chi connectivity index (χ4v) is 3.13. The second-order valence-corrected chi connectivity index (χ2v) is 5.81. The molecule has 0 saturated carbocycles. The zero-order chi connectivity index (χ0) is 13.1. The maximum Gasteiger partial charge on any atom is 0.288 e. The summed E-state index contributed by atoms with van der Waals surface area (Å²) < 4.78 is 24.7. The molecule has 1 aromatic carbocycles. The number of benzene rings is 1. The van der Waals surface area contributed by atoms with Crippen molar-refractivity contribution < 1.29 is 8.78 Å². The van der Waals surface area contributed by atoms with Gasteiger partial charge in [-0.05, 0) is 43.6 Å². The van der Waals surface area contributed by atoms with Gasteiger partial charge in [0.25, 0.3) is 5.76 Å². The monoisotopic (exact) mass is 272 g/mol. The Morgan fingerprint density at radius 1 is 1.50 bits per heavy atom. The van der Waals surface area contributed by atoms with Crippen molar-refractivity contribution in [1.82, 2.24) is 4.90 Å². The summed E-state index contributed by atoms with van der Waals surface area (Å²) in [6, 6.07) is 7.77. The molecule has 18 heavy (non-hydrogen) atoms. The average Bonchev–Trinajstić information content (AvgIpc) is 2.70. The van der Waals surface area contributed by atoms with Crippen LogP contribution in [-0.4, -0.2) is 30.8 Å². The van der Waals surface area contributed by atoms with Crippen LogP contribution < -0.4 is 5.73 Å². The van der Waals surface area contributed by atoms with Gasteiger partial charge in [0.05, 0.1) is 0 Å². The van der Waals surface area contributed by atoms with Gasteiger partial charge in [-0.2, -0.15) is 8.78 Å². The number of hydrogen-bond donors (Lipinski definition) is 1. The first-order valence-corrected chi connectivity index (χ1v) is 6.93. The van der Waals surface area contributed by atoms with Crippen molar-refractivity contribution in [2.45, 2.75) is 23.1 Å². The van der Waals surface area contributed by atoms with Gasteiger partial charge in [0.1, 0.15) is 0 Å². The molecule has 1 aromatic rings. The number of alkyl halides is 2. The fraction of sp³-hybridized carbons (Fsp3) is 0.538. The van der Waals surface area contributed by atoms with Crippen LogP contribution in [0.3, 0.4) is 0 Å². The number of nitrogens with two attached hydrogens (primary N) is 1. The van der Waals surface area contributed by atoms with Gasteiger partial charge in [-0.25, -0.2) is 0 Å². The lowest BCUT2D eigenvalue weighted by Gasteiger charge is -2.20. The smallest absolute Gasteiger partial charge is 0.288 e. The molecule has 1 aliphatic rings. The number of thioether (sulfide) groups is 1. The molecule has 0 bridgehead atoms. The largest absolute Gasteiger partial charge is 0.330 e. The Hall–Kier alpha value is -0.650. The van der Waals surface area contributed by atoms with Gasteiger partial charge in [0.15, 0.2) is 0 Å². The summed E-state index contributed by atoms with van der Waals surface area (Å²) in [4.78, 5) is 2.89.